The average molecular weight is 551 g/mol. The molecule has 4 atom stereocenters. The number of carbonyl (C=O) groups is 1. The van der Waals surface area contributed by atoms with Crippen LogP contribution in [0.5, 0.6) is 0 Å². The van der Waals surface area contributed by atoms with Crippen molar-refractivity contribution in [3.8, 4) is 0 Å². The van der Waals surface area contributed by atoms with Gasteiger partial charge in [0.1, 0.15) is 0 Å². The van der Waals surface area contributed by atoms with Crippen LogP contribution in [0.25, 0.3) is 0 Å². The van der Waals surface area contributed by atoms with Crippen LogP contribution in [0.1, 0.15) is 57.1 Å². The lowest BCUT2D eigenvalue weighted by molar-refractivity contribution is -0.137. The monoisotopic (exact) mass is 550 g/mol. The van der Waals surface area contributed by atoms with Crippen LogP contribution >= 0.6 is 0 Å². The molecule has 0 aromatic heterocycles. The van der Waals surface area contributed by atoms with E-state index in [-0.39, 0.29) is 41.6 Å². The zero-order chi connectivity index (χ0) is 27.5. The van der Waals surface area contributed by atoms with E-state index >= 15 is 0 Å². The Morgan fingerprint density at radius 1 is 1.03 bits per heavy atom. The van der Waals surface area contributed by atoms with E-state index in [1.165, 1.54) is 6.07 Å². The molecule has 5 nitrogen and oxygen atoms in total. The van der Waals surface area contributed by atoms with Crippen LogP contribution in [0.3, 0.4) is 0 Å². The van der Waals surface area contributed by atoms with E-state index in [0.29, 0.717) is 42.7 Å². The molecular formula is C29H37F3N2O3S. The highest BCUT2D eigenvalue weighted by Crippen LogP contribution is 2.36. The molecule has 1 unspecified atom stereocenters. The number of hydrogen-bond acceptors (Lipinski definition) is 4. The Labute approximate surface area is 223 Å². The topological polar surface area (TPSA) is 66.5 Å². The lowest BCUT2D eigenvalue weighted by Crippen LogP contribution is -2.51. The molecule has 9 heteroatoms. The number of carbonyl (C=O) groups excluding carboxylic acids is 1. The van der Waals surface area contributed by atoms with Crippen LogP contribution < -0.4 is 5.32 Å². The van der Waals surface area contributed by atoms with Gasteiger partial charge in [0.05, 0.1) is 16.2 Å². The van der Waals surface area contributed by atoms with E-state index in [9.17, 15) is 26.4 Å². The van der Waals surface area contributed by atoms with Crippen molar-refractivity contribution in [1.82, 2.24) is 10.2 Å². The first-order chi connectivity index (χ1) is 17.9. The smallest absolute Gasteiger partial charge is 0.339 e. The zero-order valence-corrected chi connectivity index (χ0v) is 22.8. The van der Waals surface area contributed by atoms with Crippen molar-refractivity contribution in [2.45, 2.75) is 81.6 Å². The molecule has 1 N–H and O–H groups in total. The van der Waals surface area contributed by atoms with Crippen molar-refractivity contribution in [3.05, 3.63) is 65.7 Å². The summed E-state index contributed by atoms with van der Waals surface area (Å²) in [6.45, 7) is 4.70. The predicted molar refractivity (Wildman–Crippen MR) is 141 cm³/mol. The minimum Gasteiger partial charge on any atom is -0.339 e. The number of rotatable bonds is 9. The zero-order valence-electron chi connectivity index (χ0n) is 22.0. The number of sulfone groups is 1. The molecule has 0 spiro atoms. The predicted octanol–water partition coefficient (Wildman–Crippen LogP) is 5.50. The SMILES string of the molecule is CC(C)NC1CC[C@H](N2CC[C@H](CCc3cccc(C(F)(F)F)c3)C2=O)[C@H](CS(=O)(=O)c2ccccc2)C1. The summed E-state index contributed by atoms with van der Waals surface area (Å²) in [5.41, 5.74) is -0.109. The van der Waals surface area contributed by atoms with E-state index in [1.54, 1.807) is 36.4 Å². The number of nitrogens with one attached hydrogen (secondary N) is 1. The molecule has 208 valence electrons. The molecule has 0 radical (unpaired) electrons. The number of nitrogens with zero attached hydrogens (tertiary/aromatic N) is 1. The number of amides is 1. The van der Waals surface area contributed by atoms with Crippen molar-refractivity contribution < 1.29 is 26.4 Å². The van der Waals surface area contributed by atoms with Crippen molar-refractivity contribution in [1.29, 1.82) is 0 Å². The van der Waals surface area contributed by atoms with Gasteiger partial charge in [-0.05, 0) is 68.2 Å². The highest BCUT2D eigenvalue weighted by Gasteiger charge is 2.43. The summed E-state index contributed by atoms with van der Waals surface area (Å²) in [6.07, 6.45) is -0.615. The van der Waals surface area contributed by atoms with Gasteiger partial charge in [-0.1, -0.05) is 50.2 Å². The Morgan fingerprint density at radius 3 is 2.45 bits per heavy atom. The third kappa shape index (κ3) is 6.97. The second-order valence-electron chi connectivity index (χ2n) is 11.0. The van der Waals surface area contributed by atoms with Crippen molar-refractivity contribution in [2.24, 2.45) is 11.8 Å². The van der Waals surface area contributed by atoms with Crippen LogP contribution in [0, 0.1) is 11.8 Å². The van der Waals surface area contributed by atoms with Crippen LogP contribution in [-0.4, -0.2) is 49.6 Å². The van der Waals surface area contributed by atoms with Gasteiger partial charge in [-0.15, -0.1) is 0 Å². The third-order valence-electron chi connectivity index (χ3n) is 7.83. The normalized spacial score (nSPS) is 24.8. The van der Waals surface area contributed by atoms with E-state index in [2.05, 4.69) is 19.2 Å². The van der Waals surface area contributed by atoms with Crippen LogP contribution in [0.4, 0.5) is 13.2 Å². The number of hydrogen-bond donors (Lipinski definition) is 1. The minimum atomic E-state index is -4.39. The molecule has 1 aliphatic heterocycles. The van der Waals surface area contributed by atoms with Crippen LogP contribution in [0.2, 0.25) is 0 Å². The number of likely N-dealkylation sites (tertiary alicyclic amines) is 1. The van der Waals surface area contributed by atoms with Gasteiger partial charge in [-0.25, -0.2) is 8.42 Å². The Kier molecular flexibility index (Phi) is 8.87. The molecule has 2 aliphatic rings. The van der Waals surface area contributed by atoms with Gasteiger partial charge < -0.3 is 10.2 Å². The Bertz CT molecular complexity index is 1200. The van der Waals surface area contributed by atoms with Gasteiger partial charge in [-0.2, -0.15) is 13.2 Å². The summed E-state index contributed by atoms with van der Waals surface area (Å²) < 4.78 is 65.8. The molecule has 4 rings (SSSR count). The largest absolute Gasteiger partial charge is 0.416 e. The maximum atomic E-state index is 13.5. The second-order valence-corrected chi connectivity index (χ2v) is 13.0. The third-order valence-corrected chi connectivity index (χ3v) is 9.69. The molecule has 1 amide bonds. The first-order valence-electron chi connectivity index (χ1n) is 13.4. The summed E-state index contributed by atoms with van der Waals surface area (Å²) in [5.74, 6) is -0.477. The average Bonchev–Trinajstić information content (AvgIpc) is 3.22. The molecule has 2 aromatic rings. The Balaban J connectivity index is 1.46. The molecule has 1 heterocycles. The van der Waals surface area contributed by atoms with E-state index in [0.717, 1.165) is 25.0 Å². The van der Waals surface area contributed by atoms with Crippen molar-refractivity contribution >= 4 is 15.7 Å². The second kappa shape index (κ2) is 11.8. The highest BCUT2D eigenvalue weighted by atomic mass is 32.2. The summed E-state index contributed by atoms with van der Waals surface area (Å²) >= 11 is 0. The molecule has 1 saturated carbocycles. The summed E-state index contributed by atoms with van der Waals surface area (Å²) in [4.78, 5) is 15.6. The molecule has 1 saturated heterocycles. The van der Waals surface area contributed by atoms with Crippen LogP contribution in [0.15, 0.2) is 59.5 Å². The Morgan fingerprint density at radius 2 is 1.76 bits per heavy atom. The summed E-state index contributed by atoms with van der Waals surface area (Å²) in [7, 11) is -3.53. The fourth-order valence-corrected chi connectivity index (χ4v) is 7.76. The van der Waals surface area contributed by atoms with E-state index in [1.807, 2.05) is 4.90 Å². The maximum Gasteiger partial charge on any atom is 0.416 e. The van der Waals surface area contributed by atoms with Crippen molar-refractivity contribution in [3.63, 3.8) is 0 Å². The lowest BCUT2D eigenvalue weighted by atomic mass is 9.81. The van der Waals surface area contributed by atoms with E-state index < -0.39 is 21.6 Å². The Hall–Kier alpha value is -2.39. The lowest BCUT2D eigenvalue weighted by Gasteiger charge is -2.42. The van der Waals surface area contributed by atoms with Gasteiger partial charge in [0.15, 0.2) is 9.84 Å². The molecule has 0 bridgehead atoms. The number of halogens is 3. The van der Waals surface area contributed by atoms with Gasteiger partial charge in [0.2, 0.25) is 5.91 Å². The quantitative estimate of drug-likeness (QED) is 0.448. The van der Waals surface area contributed by atoms with Gasteiger partial charge >= 0.3 is 6.18 Å². The fourth-order valence-electron chi connectivity index (χ4n) is 6.07. The van der Waals surface area contributed by atoms with Crippen molar-refractivity contribution in [2.75, 3.05) is 12.3 Å². The fraction of sp³-hybridized carbons (Fsp3) is 0.552. The first-order valence-corrected chi connectivity index (χ1v) is 15.1. The molecule has 2 fully saturated rings. The summed E-state index contributed by atoms with van der Waals surface area (Å²) in [6, 6.07) is 14.0. The minimum absolute atomic E-state index is 0.000598. The van der Waals surface area contributed by atoms with Gasteiger partial charge in [0.25, 0.3) is 0 Å². The number of aryl methyl sites for hydroxylation is 1. The number of alkyl halides is 3. The van der Waals surface area contributed by atoms with Gasteiger partial charge in [0, 0.05) is 30.6 Å². The number of benzene rings is 2. The summed E-state index contributed by atoms with van der Waals surface area (Å²) in [5, 5.41) is 3.54. The maximum absolute atomic E-state index is 13.5. The van der Waals surface area contributed by atoms with Gasteiger partial charge in [-0.3, -0.25) is 4.79 Å². The molecular weight excluding hydrogens is 513 g/mol. The molecule has 38 heavy (non-hydrogen) atoms. The molecule has 1 aliphatic carbocycles. The van der Waals surface area contributed by atoms with E-state index in [4.69, 9.17) is 0 Å². The standard InChI is InChI=1S/C29H37F3N2O3S/c1-20(2)33-25-13-14-27(23(18-25)19-38(36,37)26-9-4-3-5-10-26)34-16-15-22(28(34)35)12-11-21-7-6-8-24(17-21)29(30,31)32/h3-10,17,20,22-23,25,27,33H,11-16,18-19H2,1-2H3/t22-,23-,25?,27-/m0/s1. The molecule has 2 aromatic carbocycles. The highest BCUT2D eigenvalue weighted by molar-refractivity contribution is 7.91. The first kappa shape index (κ1) is 28.6. The van der Waals surface area contributed by atoms with Crippen LogP contribution in [-0.2, 0) is 27.2 Å².